The zero-order valence-electron chi connectivity index (χ0n) is 14.8. The lowest BCUT2D eigenvalue weighted by Gasteiger charge is -2.07. The average Bonchev–Trinajstić information content (AvgIpc) is 3.03. The summed E-state index contributed by atoms with van der Waals surface area (Å²) in [5.74, 6) is 0.0646. The molecule has 3 rings (SSSR count). The number of nitrogen functional groups attached to an aromatic ring is 1. The lowest BCUT2D eigenvalue weighted by atomic mass is 10.1. The van der Waals surface area contributed by atoms with Crippen molar-refractivity contribution in [1.82, 2.24) is 15.1 Å². The number of benzene rings is 2. The molecule has 0 aliphatic heterocycles. The van der Waals surface area contributed by atoms with E-state index in [-0.39, 0.29) is 5.91 Å². The Morgan fingerprint density at radius 2 is 2.04 bits per heavy atom. The van der Waals surface area contributed by atoms with Crippen LogP contribution in [0.2, 0.25) is 5.02 Å². The first kappa shape index (κ1) is 19.9. The maximum absolute atomic E-state index is 12.3. The maximum Gasteiger partial charge on any atom is 0.252 e. The predicted octanol–water partition coefficient (Wildman–Crippen LogP) is 4.10. The molecular weight excluding hydrogens is 442 g/mol. The molecular formula is C20H17BrClN5O. The highest BCUT2D eigenvalue weighted by molar-refractivity contribution is 9.10. The van der Waals surface area contributed by atoms with Gasteiger partial charge >= 0.3 is 0 Å². The third kappa shape index (κ3) is 4.35. The molecule has 3 aromatic rings. The Hall–Kier alpha value is -2.82. The number of amides is 1. The number of halogens is 2. The van der Waals surface area contributed by atoms with Crippen molar-refractivity contribution in [1.29, 1.82) is 5.26 Å². The third-order valence-corrected chi connectivity index (χ3v) is 4.98. The van der Waals surface area contributed by atoms with E-state index in [1.807, 2.05) is 30.3 Å². The molecule has 0 saturated carbocycles. The zero-order valence-corrected chi connectivity index (χ0v) is 17.2. The number of nitriles is 1. The molecule has 2 aromatic carbocycles. The van der Waals surface area contributed by atoms with Gasteiger partial charge in [0.15, 0.2) is 0 Å². The van der Waals surface area contributed by atoms with E-state index < -0.39 is 0 Å². The van der Waals surface area contributed by atoms with Crippen LogP contribution in [0.25, 0.3) is 5.69 Å². The van der Waals surface area contributed by atoms with Gasteiger partial charge in [-0.1, -0.05) is 45.7 Å². The summed E-state index contributed by atoms with van der Waals surface area (Å²) in [5.41, 5.74) is 8.27. The Balaban J connectivity index is 1.64. The Bertz CT molecular complexity index is 1040. The highest BCUT2D eigenvalue weighted by atomic mass is 79.9. The Morgan fingerprint density at radius 1 is 1.29 bits per heavy atom. The van der Waals surface area contributed by atoms with Gasteiger partial charge in [-0.15, -0.1) is 0 Å². The van der Waals surface area contributed by atoms with Gasteiger partial charge in [0.2, 0.25) is 0 Å². The number of hydrogen-bond donors (Lipinski definition) is 2. The van der Waals surface area contributed by atoms with Gasteiger partial charge in [-0.2, -0.15) is 10.4 Å². The van der Waals surface area contributed by atoms with Gasteiger partial charge in [0.1, 0.15) is 17.5 Å². The minimum Gasteiger partial charge on any atom is -0.382 e. The van der Waals surface area contributed by atoms with Crippen LogP contribution in [0, 0.1) is 11.3 Å². The first-order valence-corrected chi connectivity index (χ1v) is 9.74. The molecule has 0 aliphatic carbocycles. The summed E-state index contributed by atoms with van der Waals surface area (Å²) in [6.07, 6.45) is 1.12. The Labute approximate surface area is 176 Å². The number of rotatable bonds is 6. The number of aromatic nitrogens is 2. The molecule has 6 nitrogen and oxygen atoms in total. The molecule has 0 saturated heterocycles. The Kier molecular flexibility index (Phi) is 6.34. The molecule has 3 N–H and O–H groups in total. The first-order valence-electron chi connectivity index (χ1n) is 8.57. The third-order valence-electron chi connectivity index (χ3n) is 4.16. The summed E-state index contributed by atoms with van der Waals surface area (Å²) in [6, 6.07) is 16.6. The maximum atomic E-state index is 12.3. The number of aryl methyl sites for hydroxylation is 1. The number of nitrogens with two attached hydrogens (primary N) is 1. The van der Waals surface area contributed by atoms with E-state index in [0.717, 1.165) is 10.2 Å². The fourth-order valence-electron chi connectivity index (χ4n) is 2.77. The van der Waals surface area contributed by atoms with Crippen LogP contribution >= 0.6 is 27.5 Å². The molecule has 0 fully saturated rings. The summed E-state index contributed by atoms with van der Waals surface area (Å²) >= 11 is 9.40. The number of carbonyl (C=O) groups excluding carboxylic acids is 1. The SMILES string of the molecule is N#Cc1c(CCCNC(=O)c2cc(Br)ccc2Cl)nn(-c2ccccc2)c1N. The second-order valence-corrected chi connectivity index (χ2v) is 7.37. The summed E-state index contributed by atoms with van der Waals surface area (Å²) < 4.78 is 2.34. The number of nitrogens with zero attached hydrogens (tertiary/aromatic N) is 3. The minimum atomic E-state index is -0.249. The van der Waals surface area contributed by atoms with E-state index in [0.29, 0.717) is 47.0 Å². The molecule has 1 aromatic heterocycles. The van der Waals surface area contributed by atoms with Crippen molar-refractivity contribution in [2.24, 2.45) is 0 Å². The Morgan fingerprint density at radius 3 is 2.75 bits per heavy atom. The fourth-order valence-corrected chi connectivity index (χ4v) is 3.33. The summed E-state index contributed by atoms with van der Waals surface area (Å²) in [6.45, 7) is 0.421. The van der Waals surface area contributed by atoms with Gasteiger partial charge in [0.25, 0.3) is 5.91 Å². The molecule has 0 spiro atoms. The van der Waals surface area contributed by atoms with Crippen molar-refractivity contribution in [2.75, 3.05) is 12.3 Å². The molecule has 1 heterocycles. The monoisotopic (exact) mass is 457 g/mol. The smallest absolute Gasteiger partial charge is 0.252 e. The number of anilines is 1. The molecule has 28 heavy (non-hydrogen) atoms. The van der Waals surface area contributed by atoms with E-state index in [1.165, 1.54) is 0 Å². The van der Waals surface area contributed by atoms with Crippen molar-refractivity contribution in [3.05, 3.63) is 74.8 Å². The van der Waals surface area contributed by atoms with Crippen molar-refractivity contribution in [3.63, 3.8) is 0 Å². The van der Waals surface area contributed by atoms with Gasteiger partial charge in [0, 0.05) is 11.0 Å². The van der Waals surface area contributed by atoms with Crippen molar-refractivity contribution >= 4 is 39.3 Å². The lowest BCUT2D eigenvalue weighted by Crippen LogP contribution is -2.25. The van der Waals surface area contributed by atoms with E-state index in [2.05, 4.69) is 32.4 Å². The van der Waals surface area contributed by atoms with Crippen LogP contribution in [0.3, 0.4) is 0 Å². The van der Waals surface area contributed by atoms with Crippen molar-refractivity contribution < 1.29 is 4.79 Å². The molecule has 0 bridgehead atoms. The van der Waals surface area contributed by atoms with Crippen LogP contribution in [-0.2, 0) is 6.42 Å². The molecule has 0 unspecified atom stereocenters. The zero-order chi connectivity index (χ0) is 20.1. The molecule has 0 atom stereocenters. The van der Waals surface area contributed by atoms with Crippen LogP contribution in [0.15, 0.2) is 53.0 Å². The average molecular weight is 459 g/mol. The van der Waals surface area contributed by atoms with Crippen LogP contribution < -0.4 is 11.1 Å². The molecule has 0 aliphatic rings. The fraction of sp³-hybridized carbons (Fsp3) is 0.150. The molecule has 8 heteroatoms. The molecule has 0 radical (unpaired) electrons. The van der Waals surface area contributed by atoms with Gasteiger partial charge in [0.05, 0.1) is 22.0 Å². The van der Waals surface area contributed by atoms with Gasteiger partial charge < -0.3 is 11.1 Å². The number of hydrogen-bond acceptors (Lipinski definition) is 4. The normalized spacial score (nSPS) is 10.5. The van der Waals surface area contributed by atoms with E-state index in [4.69, 9.17) is 17.3 Å². The number of carbonyl (C=O) groups is 1. The highest BCUT2D eigenvalue weighted by Crippen LogP contribution is 2.22. The van der Waals surface area contributed by atoms with E-state index in [9.17, 15) is 10.1 Å². The van der Waals surface area contributed by atoms with Gasteiger partial charge in [-0.05, 0) is 43.2 Å². The van der Waals surface area contributed by atoms with Crippen molar-refractivity contribution in [3.8, 4) is 11.8 Å². The standard InChI is InChI=1S/C20H17BrClN5O/c21-13-8-9-17(22)15(11-13)20(28)25-10-4-7-18-16(12-23)19(24)27(26-18)14-5-2-1-3-6-14/h1-3,5-6,8-9,11H,4,7,10,24H2,(H,25,28). The van der Waals surface area contributed by atoms with Gasteiger partial charge in [-0.3, -0.25) is 4.79 Å². The van der Waals surface area contributed by atoms with Crippen LogP contribution in [-0.4, -0.2) is 22.2 Å². The quantitative estimate of drug-likeness (QED) is 0.543. The summed E-state index contributed by atoms with van der Waals surface area (Å²) in [7, 11) is 0. The predicted molar refractivity (Wildman–Crippen MR) is 112 cm³/mol. The number of nitrogens with one attached hydrogen (secondary N) is 1. The van der Waals surface area contributed by atoms with E-state index >= 15 is 0 Å². The second kappa shape index (κ2) is 8.91. The lowest BCUT2D eigenvalue weighted by molar-refractivity contribution is 0.0953. The topological polar surface area (TPSA) is 96.7 Å². The van der Waals surface area contributed by atoms with Crippen LogP contribution in [0.1, 0.15) is 28.0 Å². The first-order chi connectivity index (χ1) is 13.5. The van der Waals surface area contributed by atoms with Gasteiger partial charge in [-0.25, -0.2) is 4.68 Å². The van der Waals surface area contributed by atoms with Crippen LogP contribution in [0.4, 0.5) is 5.82 Å². The summed E-state index contributed by atoms with van der Waals surface area (Å²) in [5, 5.41) is 17.1. The highest BCUT2D eigenvalue weighted by Gasteiger charge is 2.16. The second-order valence-electron chi connectivity index (χ2n) is 6.05. The number of para-hydroxylation sites is 1. The minimum absolute atomic E-state index is 0.249. The largest absolute Gasteiger partial charge is 0.382 e. The van der Waals surface area contributed by atoms with Crippen LogP contribution in [0.5, 0.6) is 0 Å². The molecule has 1 amide bonds. The molecule has 142 valence electrons. The summed E-state index contributed by atoms with van der Waals surface area (Å²) in [4.78, 5) is 12.3. The van der Waals surface area contributed by atoms with E-state index in [1.54, 1.807) is 22.9 Å². The van der Waals surface area contributed by atoms with Crippen molar-refractivity contribution in [2.45, 2.75) is 12.8 Å².